The number of fused-ring (bicyclic) bond motifs is 4. The van der Waals surface area contributed by atoms with Crippen molar-refractivity contribution in [3.05, 3.63) is 143 Å². The predicted molar refractivity (Wildman–Crippen MR) is 125 cm³/mol. The fraction of sp³-hybridized carbons (Fsp3) is 0.0345. The minimum Gasteiger partial charge on any atom is -0.354 e. The number of aromatic amines is 1. The van der Waals surface area contributed by atoms with E-state index in [0.717, 1.165) is 6.42 Å². The largest absolute Gasteiger partial charge is 0.354 e. The van der Waals surface area contributed by atoms with Gasteiger partial charge in [-0.1, -0.05) is 103 Å². The lowest BCUT2D eigenvalue weighted by Gasteiger charge is -2.17. The van der Waals surface area contributed by atoms with Gasteiger partial charge in [-0.25, -0.2) is 0 Å². The molecule has 0 unspecified atom stereocenters. The van der Waals surface area contributed by atoms with Crippen LogP contribution < -0.4 is 0 Å². The normalized spacial score (nSPS) is 13.1. The van der Waals surface area contributed by atoms with Crippen LogP contribution in [0.1, 0.15) is 33.5 Å². The number of benzene rings is 4. The van der Waals surface area contributed by atoms with E-state index in [1.807, 2.05) is 0 Å². The molecule has 1 aliphatic rings. The zero-order valence-electron chi connectivity index (χ0n) is 16.6. The van der Waals surface area contributed by atoms with E-state index < -0.39 is 0 Å². The summed E-state index contributed by atoms with van der Waals surface area (Å²) in [5.74, 6) is 0. The molecule has 6 rings (SSSR count). The molecule has 0 fully saturated rings. The number of nitrogens with one attached hydrogen (secondary N) is 1. The van der Waals surface area contributed by atoms with Gasteiger partial charge in [0.05, 0.1) is 5.69 Å². The summed E-state index contributed by atoms with van der Waals surface area (Å²) in [5.41, 5.74) is 11.5. The van der Waals surface area contributed by atoms with Gasteiger partial charge in [0.25, 0.3) is 0 Å². The van der Waals surface area contributed by atoms with Crippen molar-refractivity contribution in [3.63, 3.8) is 0 Å². The van der Waals surface area contributed by atoms with E-state index in [2.05, 4.69) is 114 Å². The maximum absolute atomic E-state index is 3.78. The Balaban J connectivity index is 1.81. The van der Waals surface area contributed by atoms with Crippen molar-refractivity contribution < 1.29 is 0 Å². The van der Waals surface area contributed by atoms with Gasteiger partial charge in [-0.15, -0.1) is 0 Å². The quantitative estimate of drug-likeness (QED) is 0.329. The number of H-pyrrole nitrogens is 1. The summed E-state index contributed by atoms with van der Waals surface area (Å²) in [7, 11) is 0. The molecule has 5 aromatic rings. The summed E-state index contributed by atoms with van der Waals surface area (Å²) < 4.78 is 0. The highest BCUT2D eigenvalue weighted by atomic mass is 14.7. The summed E-state index contributed by atoms with van der Waals surface area (Å²) in [4.78, 5) is 3.78. The molecule has 1 nitrogen and oxygen atoms in total. The third kappa shape index (κ3) is 2.63. The molecule has 0 saturated carbocycles. The van der Waals surface area contributed by atoms with Crippen molar-refractivity contribution >= 4 is 22.0 Å². The zero-order valence-corrected chi connectivity index (χ0v) is 16.6. The molecule has 0 amide bonds. The summed E-state index contributed by atoms with van der Waals surface area (Å²) in [6, 6.07) is 39.1. The Morgan fingerprint density at radius 3 is 1.90 bits per heavy atom. The molecule has 0 saturated heterocycles. The molecule has 0 atom stereocenters. The van der Waals surface area contributed by atoms with Gasteiger partial charge in [0.15, 0.2) is 0 Å². The first-order valence-corrected chi connectivity index (χ1v) is 10.4. The van der Waals surface area contributed by atoms with Crippen LogP contribution in [-0.2, 0) is 6.42 Å². The van der Waals surface area contributed by atoms with E-state index in [4.69, 9.17) is 0 Å². The average molecular weight is 383 g/mol. The number of aromatic nitrogens is 1. The Labute approximate surface area is 176 Å². The first kappa shape index (κ1) is 17.1. The van der Waals surface area contributed by atoms with Crippen LogP contribution in [0.15, 0.2) is 109 Å². The monoisotopic (exact) mass is 383 g/mol. The summed E-state index contributed by atoms with van der Waals surface area (Å²) >= 11 is 0. The summed E-state index contributed by atoms with van der Waals surface area (Å²) in [5, 5.41) is 1.31. The van der Waals surface area contributed by atoms with Gasteiger partial charge in [-0.05, 0) is 39.5 Å². The molecule has 1 aromatic heterocycles. The van der Waals surface area contributed by atoms with Gasteiger partial charge < -0.3 is 4.98 Å². The number of hydrogen-bond acceptors (Lipinski definition) is 0. The summed E-state index contributed by atoms with van der Waals surface area (Å²) in [6.07, 6.45) is 0.919. The van der Waals surface area contributed by atoms with Crippen LogP contribution in [0.3, 0.4) is 0 Å². The highest BCUT2D eigenvalue weighted by Crippen LogP contribution is 2.44. The van der Waals surface area contributed by atoms with Crippen LogP contribution in [0.5, 0.6) is 0 Å². The second kappa shape index (κ2) is 6.89. The lowest BCUT2D eigenvalue weighted by molar-refractivity contribution is 1.19. The molecule has 1 aliphatic carbocycles. The number of para-hydroxylation sites is 1. The van der Waals surface area contributed by atoms with Crippen molar-refractivity contribution in [1.29, 1.82) is 0 Å². The highest BCUT2D eigenvalue weighted by molar-refractivity contribution is 6.08. The van der Waals surface area contributed by atoms with Crippen molar-refractivity contribution in [1.82, 2.24) is 4.98 Å². The Kier molecular flexibility index (Phi) is 3.92. The Bertz CT molecular complexity index is 1390. The maximum Gasteiger partial charge on any atom is 0.0513 e. The molecular weight excluding hydrogens is 362 g/mol. The fourth-order valence-corrected chi connectivity index (χ4v) is 4.76. The molecule has 0 spiro atoms. The Morgan fingerprint density at radius 1 is 0.533 bits per heavy atom. The molecular formula is C29H21N. The molecule has 30 heavy (non-hydrogen) atoms. The Morgan fingerprint density at radius 2 is 1.13 bits per heavy atom. The standard InChI is InChI=1S/C29H21N/c1-3-11-20(12-4-1)27-23-16-8-7-15-22(23)19-25-24-17-9-10-18-26(24)30-29(25)28(27)21-13-5-2-6-14-21/h1-18,30H,19H2. The van der Waals surface area contributed by atoms with Gasteiger partial charge >= 0.3 is 0 Å². The molecule has 142 valence electrons. The second-order valence-electron chi connectivity index (χ2n) is 7.84. The first-order chi connectivity index (χ1) is 14.9. The van der Waals surface area contributed by atoms with E-state index in [0.29, 0.717) is 0 Å². The van der Waals surface area contributed by atoms with Gasteiger partial charge in [-0.2, -0.15) is 0 Å². The van der Waals surface area contributed by atoms with Crippen LogP contribution in [0, 0.1) is 0 Å². The predicted octanol–water partition coefficient (Wildman–Crippen LogP) is 7.08. The third-order valence-corrected chi connectivity index (χ3v) is 6.09. The molecule has 1 heteroatoms. The maximum atomic E-state index is 3.78. The molecule has 0 aliphatic heterocycles. The van der Waals surface area contributed by atoms with Crippen LogP contribution in [0.4, 0.5) is 0 Å². The molecule has 1 heterocycles. The summed E-state index contributed by atoms with van der Waals surface area (Å²) in [6.45, 7) is 0. The van der Waals surface area contributed by atoms with E-state index in [-0.39, 0.29) is 0 Å². The van der Waals surface area contributed by atoms with E-state index >= 15 is 0 Å². The minimum atomic E-state index is 0.919. The average Bonchev–Trinajstić information content (AvgIpc) is 3.10. The van der Waals surface area contributed by atoms with Gasteiger partial charge in [-0.3, -0.25) is 0 Å². The fourth-order valence-electron chi connectivity index (χ4n) is 4.76. The topological polar surface area (TPSA) is 15.8 Å². The first-order valence-electron chi connectivity index (χ1n) is 10.4. The minimum absolute atomic E-state index is 0.919. The second-order valence-corrected chi connectivity index (χ2v) is 7.84. The van der Waals surface area contributed by atoms with Crippen molar-refractivity contribution in [2.45, 2.75) is 6.42 Å². The van der Waals surface area contributed by atoms with Crippen LogP contribution in [0.25, 0.3) is 22.0 Å². The molecule has 0 bridgehead atoms. The van der Waals surface area contributed by atoms with Crippen LogP contribution in [-0.4, -0.2) is 4.98 Å². The third-order valence-electron chi connectivity index (χ3n) is 6.09. The van der Waals surface area contributed by atoms with Gasteiger partial charge in [0.2, 0.25) is 0 Å². The van der Waals surface area contributed by atoms with Crippen LogP contribution >= 0.6 is 0 Å². The molecule has 1 N–H and O–H groups in total. The highest BCUT2D eigenvalue weighted by Gasteiger charge is 2.26. The van der Waals surface area contributed by atoms with Gasteiger partial charge in [0, 0.05) is 22.9 Å². The smallest absolute Gasteiger partial charge is 0.0513 e. The lowest BCUT2D eigenvalue weighted by Crippen LogP contribution is -1.97. The molecule has 4 aromatic carbocycles. The SMILES string of the molecule is c1ccc(C2=C(c3ccccc3)c3[nH]c4ccccc4c3Cc3ccccc32)cc1. The Hall–Kier alpha value is -3.84. The lowest BCUT2D eigenvalue weighted by atomic mass is 9.87. The van der Waals surface area contributed by atoms with E-state index in [9.17, 15) is 0 Å². The zero-order chi connectivity index (χ0) is 19.9. The van der Waals surface area contributed by atoms with Gasteiger partial charge in [0.1, 0.15) is 0 Å². The number of hydrogen-bond donors (Lipinski definition) is 1. The van der Waals surface area contributed by atoms with Crippen molar-refractivity contribution in [2.24, 2.45) is 0 Å². The molecule has 0 radical (unpaired) electrons. The van der Waals surface area contributed by atoms with Crippen molar-refractivity contribution in [3.8, 4) is 0 Å². The van der Waals surface area contributed by atoms with E-state index in [1.165, 1.54) is 55.6 Å². The van der Waals surface area contributed by atoms with Crippen molar-refractivity contribution in [2.75, 3.05) is 0 Å². The van der Waals surface area contributed by atoms with Crippen LogP contribution in [0.2, 0.25) is 0 Å². The van der Waals surface area contributed by atoms with E-state index in [1.54, 1.807) is 0 Å². The number of rotatable bonds is 2.